The van der Waals surface area contributed by atoms with Crippen molar-refractivity contribution in [2.24, 2.45) is 0 Å². The topological polar surface area (TPSA) is 62.2 Å². The number of nitrogens with one attached hydrogen (secondary N) is 1. The fourth-order valence-corrected chi connectivity index (χ4v) is 2.45. The van der Waals surface area contributed by atoms with E-state index < -0.39 is 5.97 Å². The molecular weight excluding hydrogens is 267 g/mol. The molecule has 0 aliphatic carbocycles. The molecule has 0 atom stereocenters. The predicted molar refractivity (Wildman–Crippen MR) is 72.3 cm³/mol. The molecule has 6 heteroatoms. The fourth-order valence-electron chi connectivity index (χ4n) is 1.77. The second-order valence-electron chi connectivity index (χ2n) is 4.24. The average Bonchev–Trinajstić information content (AvgIpc) is 2.82. The first kappa shape index (κ1) is 13.5. The Morgan fingerprint density at radius 3 is 2.58 bits per heavy atom. The van der Waals surface area contributed by atoms with Crippen LogP contribution in [0.15, 0.2) is 17.5 Å². The van der Waals surface area contributed by atoms with Gasteiger partial charge in [0, 0.05) is 11.9 Å². The van der Waals surface area contributed by atoms with Gasteiger partial charge in [-0.3, -0.25) is 0 Å². The van der Waals surface area contributed by atoms with Crippen molar-refractivity contribution in [3.8, 4) is 0 Å². The summed E-state index contributed by atoms with van der Waals surface area (Å²) in [6.07, 6.45) is 0. The molecule has 4 nitrogen and oxygen atoms in total. The summed E-state index contributed by atoms with van der Waals surface area (Å²) < 4.78 is 13.5. The Morgan fingerprint density at radius 2 is 2.05 bits per heavy atom. The number of hydrogen-bond acceptors (Lipinski definition) is 4. The number of anilines is 1. The normalized spacial score (nSPS) is 10.5. The van der Waals surface area contributed by atoms with Crippen LogP contribution >= 0.6 is 11.3 Å². The fraction of sp³-hybridized carbons (Fsp3) is 0.231. The third-order valence-corrected chi connectivity index (χ3v) is 3.46. The number of aromatic nitrogens is 1. The van der Waals surface area contributed by atoms with Gasteiger partial charge in [0.15, 0.2) is 10.8 Å². The number of hydrogen-bond donors (Lipinski definition) is 2. The van der Waals surface area contributed by atoms with Crippen LogP contribution in [0.2, 0.25) is 0 Å². The molecule has 100 valence electrons. The highest BCUT2D eigenvalue weighted by Crippen LogP contribution is 2.18. The highest BCUT2D eigenvalue weighted by molar-refractivity contribution is 7.13. The van der Waals surface area contributed by atoms with Gasteiger partial charge in [-0.2, -0.15) is 0 Å². The molecule has 1 aromatic heterocycles. The van der Waals surface area contributed by atoms with E-state index in [0.29, 0.717) is 22.8 Å². The number of halogens is 1. The number of aromatic carboxylic acids is 1. The highest BCUT2D eigenvalue weighted by atomic mass is 32.1. The zero-order valence-electron chi connectivity index (χ0n) is 10.5. The maximum Gasteiger partial charge on any atom is 0.355 e. The first-order chi connectivity index (χ1) is 8.97. The molecule has 0 fully saturated rings. The zero-order valence-corrected chi connectivity index (χ0v) is 11.3. The van der Waals surface area contributed by atoms with E-state index >= 15 is 0 Å². The van der Waals surface area contributed by atoms with E-state index in [9.17, 15) is 9.18 Å². The van der Waals surface area contributed by atoms with E-state index in [4.69, 9.17) is 5.11 Å². The maximum absolute atomic E-state index is 13.5. The van der Waals surface area contributed by atoms with Crippen molar-refractivity contribution in [3.63, 3.8) is 0 Å². The van der Waals surface area contributed by atoms with E-state index in [-0.39, 0.29) is 11.5 Å². The number of rotatable bonds is 4. The molecule has 0 unspecified atom stereocenters. The Morgan fingerprint density at radius 1 is 1.42 bits per heavy atom. The van der Waals surface area contributed by atoms with Crippen LogP contribution in [0.5, 0.6) is 0 Å². The lowest BCUT2D eigenvalue weighted by molar-refractivity contribution is 0.0691. The van der Waals surface area contributed by atoms with Crippen LogP contribution in [0.3, 0.4) is 0 Å². The molecule has 2 aromatic rings. The maximum atomic E-state index is 13.5. The first-order valence-corrected chi connectivity index (χ1v) is 6.53. The number of thiazole rings is 1. The smallest absolute Gasteiger partial charge is 0.355 e. The molecule has 0 saturated carbocycles. The van der Waals surface area contributed by atoms with Crippen LogP contribution < -0.4 is 5.32 Å². The van der Waals surface area contributed by atoms with Gasteiger partial charge >= 0.3 is 5.97 Å². The summed E-state index contributed by atoms with van der Waals surface area (Å²) in [4.78, 5) is 14.6. The summed E-state index contributed by atoms with van der Waals surface area (Å²) in [7, 11) is 0. The zero-order chi connectivity index (χ0) is 14.0. The van der Waals surface area contributed by atoms with E-state index in [1.54, 1.807) is 26.0 Å². The molecule has 0 aliphatic rings. The van der Waals surface area contributed by atoms with Gasteiger partial charge in [0.05, 0.1) is 0 Å². The third kappa shape index (κ3) is 3.08. The molecule has 0 saturated heterocycles. The predicted octanol–water partition coefficient (Wildman–Crippen LogP) is 3.21. The van der Waals surface area contributed by atoms with Gasteiger partial charge < -0.3 is 10.4 Å². The van der Waals surface area contributed by atoms with Crippen molar-refractivity contribution >= 4 is 22.4 Å². The number of carboxylic acid groups (broad SMARTS) is 1. The molecule has 1 aromatic carbocycles. The third-order valence-electron chi connectivity index (χ3n) is 2.66. The Hall–Kier alpha value is -1.95. The van der Waals surface area contributed by atoms with Gasteiger partial charge in [0.25, 0.3) is 0 Å². The van der Waals surface area contributed by atoms with Crippen molar-refractivity contribution < 1.29 is 14.3 Å². The van der Waals surface area contributed by atoms with Crippen molar-refractivity contribution in [1.29, 1.82) is 0 Å². The minimum atomic E-state index is -1.04. The average molecular weight is 280 g/mol. The SMILES string of the molecule is Cc1cc(CNc2nc(C(=O)O)cs2)cc(C)c1F. The second-order valence-corrected chi connectivity index (χ2v) is 5.10. The number of carbonyl (C=O) groups is 1. The van der Waals surface area contributed by atoms with Gasteiger partial charge in [-0.05, 0) is 30.5 Å². The molecule has 2 rings (SSSR count). The van der Waals surface area contributed by atoms with Crippen molar-refractivity contribution in [2.75, 3.05) is 5.32 Å². The lowest BCUT2D eigenvalue weighted by Gasteiger charge is -2.07. The summed E-state index contributed by atoms with van der Waals surface area (Å²) in [6.45, 7) is 3.92. The molecule has 0 spiro atoms. The molecule has 1 heterocycles. The molecule has 19 heavy (non-hydrogen) atoms. The van der Waals surface area contributed by atoms with E-state index in [0.717, 1.165) is 5.56 Å². The summed E-state index contributed by atoms with van der Waals surface area (Å²) in [6, 6.07) is 3.53. The van der Waals surface area contributed by atoms with Crippen molar-refractivity contribution in [3.05, 3.63) is 45.7 Å². The van der Waals surface area contributed by atoms with Crippen LogP contribution in [0.1, 0.15) is 27.2 Å². The highest BCUT2D eigenvalue weighted by Gasteiger charge is 2.09. The first-order valence-electron chi connectivity index (χ1n) is 5.65. The van der Waals surface area contributed by atoms with Crippen LogP contribution in [-0.2, 0) is 6.54 Å². The number of nitrogens with zero attached hydrogens (tertiary/aromatic N) is 1. The Kier molecular flexibility index (Phi) is 3.80. The van der Waals surface area contributed by atoms with Gasteiger partial charge in [0.2, 0.25) is 0 Å². The molecule has 0 radical (unpaired) electrons. The van der Waals surface area contributed by atoms with Gasteiger partial charge in [-0.15, -0.1) is 11.3 Å². The molecule has 0 bridgehead atoms. The molecule has 0 aliphatic heterocycles. The summed E-state index contributed by atoms with van der Waals surface area (Å²) in [5, 5.41) is 13.8. The lowest BCUT2D eigenvalue weighted by Crippen LogP contribution is -2.02. The van der Waals surface area contributed by atoms with Gasteiger partial charge in [-0.1, -0.05) is 12.1 Å². The minimum absolute atomic E-state index is 0.0268. The number of aryl methyl sites for hydroxylation is 2. The lowest BCUT2D eigenvalue weighted by atomic mass is 10.1. The largest absolute Gasteiger partial charge is 0.476 e. The van der Waals surface area contributed by atoms with E-state index in [2.05, 4.69) is 10.3 Å². The van der Waals surface area contributed by atoms with Crippen molar-refractivity contribution in [1.82, 2.24) is 4.98 Å². The Bertz CT molecular complexity index is 602. The number of carboxylic acids is 1. The Balaban J connectivity index is 2.08. The monoisotopic (exact) mass is 280 g/mol. The quantitative estimate of drug-likeness (QED) is 0.902. The Labute approximate surface area is 113 Å². The van der Waals surface area contributed by atoms with E-state index in [1.807, 2.05) is 0 Å². The van der Waals surface area contributed by atoms with Crippen LogP contribution in [-0.4, -0.2) is 16.1 Å². The summed E-state index contributed by atoms with van der Waals surface area (Å²) >= 11 is 1.23. The van der Waals surface area contributed by atoms with Crippen LogP contribution in [0.25, 0.3) is 0 Å². The van der Waals surface area contributed by atoms with Gasteiger partial charge in [0.1, 0.15) is 5.82 Å². The van der Waals surface area contributed by atoms with Crippen molar-refractivity contribution in [2.45, 2.75) is 20.4 Å². The van der Waals surface area contributed by atoms with Gasteiger partial charge in [-0.25, -0.2) is 14.2 Å². The molecular formula is C13H13FN2O2S. The number of benzene rings is 1. The van der Waals surface area contributed by atoms with Crippen LogP contribution in [0.4, 0.5) is 9.52 Å². The summed E-state index contributed by atoms with van der Waals surface area (Å²) in [5.74, 6) is -1.23. The van der Waals surface area contributed by atoms with Crippen LogP contribution in [0, 0.1) is 19.7 Å². The standard InChI is InChI=1S/C13H13FN2O2S/c1-7-3-9(4-8(2)11(7)14)5-15-13-16-10(6-19-13)12(17)18/h3-4,6H,5H2,1-2H3,(H,15,16)(H,17,18). The summed E-state index contributed by atoms with van der Waals surface area (Å²) in [5.41, 5.74) is 2.16. The molecule has 2 N–H and O–H groups in total. The molecule has 0 amide bonds. The van der Waals surface area contributed by atoms with E-state index in [1.165, 1.54) is 16.7 Å². The second kappa shape index (κ2) is 5.36. The minimum Gasteiger partial charge on any atom is -0.476 e.